The highest BCUT2D eigenvalue weighted by molar-refractivity contribution is 8.03. The lowest BCUT2D eigenvalue weighted by Gasteiger charge is -2.41. The van der Waals surface area contributed by atoms with Gasteiger partial charge >= 0.3 is 0 Å². The summed E-state index contributed by atoms with van der Waals surface area (Å²) in [5, 5.41) is 13.6. The van der Waals surface area contributed by atoms with E-state index in [2.05, 4.69) is 51.2 Å². The topological polar surface area (TPSA) is 80.9 Å². The molecule has 0 amide bonds. The molecule has 3 heterocycles. The number of allylic oxidation sites excluding steroid dienone is 1. The van der Waals surface area contributed by atoms with Gasteiger partial charge in [-0.2, -0.15) is 0 Å². The molecule has 0 spiro atoms. The molecule has 3 rings (SSSR count). The molecule has 1 fully saturated rings. The largest absolute Gasteiger partial charge is 0.384 e. The average Bonchev–Trinajstić information content (AvgIpc) is 2.84. The van der Waals surface area contributed by atoms with Gasteiger partial charge in [-0.05, 0) is 38.5 Å². The Kier molecular flexibility index (Phi) is 5.67. The van der Waals surface area contributed by atoms with E-state index < -0.39 is 5.72 Å². The third-order valence-corrected chi connectivity index (χ3v) is 5.93. The van der Waals surface area contributed by atoms with Crippen LogP contribution in [-0.4, -0.2) is 69.2 Å². The molecule has 1 aromatic rings. The van der Waals surface area contributed by atoms with Crippen LogP contribution >= 0.6 is 11.8 Å². The number of rotatable bonds is 5. The van der Waals surface area contributed by atoms with Gasteiger partial charge in [-0.25, -0.2) is 4.98 Å². The Labute approximate surface area is 160 Å². The molecule has 0 bridgehead atoms. The molecule has 4 N–H and O–H groups in total. The van der Waals surface area contributed by atoms with Gasteiger partial charge in [-0.3, -0.25) is 9.80 Å². The van der Waals surface area contributed by atoms with Crippen LogP contribution in [0, 0.1) is 0 Å². The molecule has 7 nitrogen and oxygen atoms in total. The molecule has 2 aliphatic heterocycles. The summed E-state index contributed by atoms with van der Waals surface area (Å²) < 4.78 is 0. The van der Waals surface area contributed by atoms with E-state index in [-0.39, 0.29) is 5.50 Å². The Morgan fingerprint density at radius 2 is 2.00 bits per heavy atom. The number of anilines is 2. The lowest BCUT2D eigenvalue weighted by molar-refractivity contribution is -0.0969. The predicted molar refractivity (Wildman–Crippen MR) is 108 cm³/mol. The van der Waals surface area contributed by atoms with Crippen LogP contribution in [0.1, 0.15) is 26.3 Å². The number of pyridine rings is 1. The molecule has 2 aliphatic rings. The Balaban J connectivity index is 1.60. The zero-order valence-corrected chi connectivity index (χ0v) is 16.9. The summed E-state index contributed by atoms with van der Waals surface area (Å²) in [6, 6.07) is 4.03. The summed E-state index contributed by atoms with van der Waals surface area (Å²) in [5.74, 6) is 1.35. The number of nitrogens with two attached hydrogens (primary N) is 1. The summed E-state index contributed by atoms with van der Waals surface area (Å²) >= 11 is 1.77. The first-order chi connectivity index (χ1) is 12.2. The molecule has 0 aliphatic carbocycles. The Bertz CT molecular complexity index is 666. The van der Waals surface area contributed by atoms with Crippen LogP contribution in [-0.2, 0) is 6.54 Å². The number of aromatic nitrogens is 1. The van der Waals surface area contributed by atoms with Crippen molar-refractivity contribution in [2.75, 3.05) is 44.3 Å². The number of nitrogens with zero attached hydrogens (tertiary/aromatic N) is 4. The minimum atomic E-state index is -0.749. The van der Waals surface area contributed by atoms with Crippen molar-refractivity contribution in [2.24, 2.45) is 0 Å². The van der Waals surface area contributed by atoms with Gasteiger partial charge in [0, 0.05) is 50.9 Å². The smallest absolute Gasteiger partial charge is 0.153 e. The van der Waals surface area contributed by atoms with Gasteiger partial charge in [0.05, 0.1) is 0 Å². The van der Waals surface area contributed by atoms with Crippen LogP contribution in [0.15, 0.2) is 23.2 Å². The molecule has 144 valence electrons. The molecule has 0 saturated carbocycles. The lowest BCUT2D eigenvalue weighted by Crippen LogP contribution is -2.54. The second-order valence-corrected chi connectivity index (χ2v) is 8.89. The SMILES string of the molecule is CC1=CN(C)C(Nc2cc(CN3CCN(C(C)(C)O)CC3)cc(N)n2)S1. The zero-order chi connectivity index (χ0) is 18.9. The van der Waals surface area contributed by atoms with E-state index in [0.29, 0.717) is 5.82 Å². The molecule has 0 radical (unpaired) electrons. The summed E-state index contributed by atoms with van der Waals surface area (Å²) in [4.78, 5) is 12.4. The number of hydrogen-bond acceptors (Lipinski definition) is 8. The van der Waals surface area contributed by atoms with Crippen LogP contribution in [0.25, 0.3) is 0 Å². The standard InChI is InChI=1S/C18H30N6OS/c1-13-11-22(4)17(26-13)21-16-10-14(9-15(19)20-16)12-23-5-7-24(8-6-23)18(2,3)25/h9-11,17,25H,5-8,12H2,1-4H3,(H3,19,20,21). The van der Waals surface area contributed by atoms with Gasteiger partial charge in [-0.1, -0.05) is 11.8 Å². The zero-order valence-electron chi connectivity index (χ0n) is 16.1. The van der Waals surface area contributed by atoms with Crippen molar-refractivity contribution in [3.8, 4) is 0 Å². The highest BCUT2D eigenvalue weighted by Gasteiger charge is 2.27. The van der Waals surface area contributed by atoms with Crippen LogP contribution in [0.2, 0.25) is 0 Å². The molecular weight excluding hydrogens is 348 g/mol. The number of hydrogen-bond donors (Lipinski definition) is 3. The fourth-order valence-corrected chi connectivity index (χ4v) is 4.38. The van der Waals surface area contributed by atoms with E-state index in [9.17, 15) is 5.11 Å². The monoisotopic (exact) mass is 378 g/mol. The average molecular weight is 379 g/mol. The van der Waals surface area contributed by atoms with Gasteiger partial charge in [0.1, 0.15) is 17.4 Å². The summed E-state index contributed by atoms with van der Waals surface area (Å²) in [5.41, 5.74) is 6.59. The summed E-state index contributed by atoms with van der Waals surface area (Å²) in [7, 11) is 2.05. The van der Waals surface area contributed by atoms with Crippen molar-refractivity contribution in [3.05, 3.63) is 28.8 Å². The molecule has 1 unspecified atom stereocenters. The minimum Gasteiger partial charge on any atom is -0.384 e. The quantitative estimate of drug-likeness (QED) is 0.715. The number of aliphatic hydroxyl groups is 1. The van der Waals surface area contributed by atoms with Gasteiger partial charge in [0.25, 0.3) is 0 Å². The number of nitrogen functional groups attached to an aromatic ring is 1. The van der Waals surface area contributed by atoms with E-state index in [1.807, 2.05) is 19.9 Å². The minimum absolute atomic E-state index is 0.146. The number of thioether (sulfide) groups is 1. The van der Waals surface area contributed by atoms with Crippen molar-refractivity contribution in [2.45, 2.75) is 38.5 Å². The van der Waals surface area contributed by atoms with E-state index >= 15 is 0 Å². The van der Waals surface area contributed by atoms with E-state index in [4.69, 9.17) is 5.73 Å². The Hall–Kier alpha value is -1.48. The number of nitrogens with one attached hydrogen (secondary N) is 1. The summed E-state index contributed by atoms with van der Waals surface area (Å²) in [6.45, 7) is 10.2. The summed E-state index contributed by atoms with van der Waals surface area (Å²) in [6.07, 6.45) is 2.12. The van der Waals surface area contributed by atoms with Crippen molar-refractivity contribution in [3.63, 3.8) is 0 Å². The van der Waals surface area contributed by atoms with Gasteiger partial charge < -0.3 is 21.1 Å². The molecular formula is C18H30N6OS. The molecule has 1 aromatic heterocycles. The molecule has 8 heteroatoms. The predicted octanol–water partition coefficient (Wildman–Crippen LogP) is 1.75. The van der Waals surface area contributed by atoms with Crippen molar-refractivity contribution < 1.29 is 5.11 Å². The van der Waals surface area contributed by atoms with Crippen molar-refractivity contribution >= 4 is 23.4 Å². The normalized spacial score (nSPS) is 22.6. The lowest BCUT2D eigenvalue weighted by atomic mass is 10.1. The maximum atomic E-state index is 10.1. The Morgan fingerprint density at radius 1 is 1.31 bits per heavy atom. The van der Waals surface area contributed by atoms with Gasteiger partial charge in [-0.15, -0.1) is 0 Å². The fourth-order valence-electron chi connectivity index (χ4n) is 3.39. The molecule has 1 saturated heterocycles. The first-order valence-electron chi connectivity index (χ1n) is 9.00. The van der Waals surface area contributed by atoms with E-state index in [0.717, 1.165) is 44.1 Å². The third-order valence-electron chi connectivity index (χ3n) is 4.78. The Morgan fingerprint density at radius 3 is 2.58 bits per heavy atom. The van der Waals surface area contributed by atoms with Crippen LogP contribution in [0.3, 0.4) is 0 Å². The second kappa shape index (κ2) is 7.64. The number of piperazine rings is 1. The molecule has 1 atom stereocenters. The van der Waals surface area contributed by atoms with Crippen LogP contribution in [0.4, 0.5) is 11.6 Å². The third kappa shape index (κ3) is 4.82. The second-order valence-electron chi connectivity index (χ2n) is 7.56. The first-order valence-corrected chi connectivity index (χ1v) is 9.88. The molecule has 26 heavy (non-hydrogen) atoms. The molecule has 0 aromatic carbocycles. The maximum Gasteiger partial charge on any atom is 0.153 e. The van der Waals surface area contributed by atoms with Gasteiger partial charge in [0.15, 0.2) is 5.50 Å². The van der Waals surface area contributed by atoms with Crippen molar-refractivity contribution in [1.82, 2.24) is 19.7 Å². The first kappa shape index (κ1) is 19.3. The fraction of sp³-hybridized carbons (Fsp3) is 0.611. The van der Waals surface area contributed by atoms with E-state index in [1.165, 1.54) is 4.91 Å². The van der Waals surface area contributed by atoms with E-state index in [1.54, 1.807) is 11.8 Å². The van der Waals surface area contributed by atoms with Gasteiger partial charge in [0.2, 0.25) is 0 Å². The van der Waals surface area contributed by atoms with Crippen LogP contribution < -0.4 is 11.1 Å². The highest BCUT2D eigenvalue weighted by Crippen LogP contribution is 2.31. The maximum absolute atomic E-state index is 10.1. The van der Waals surface area contributed by atoms with Crippen molar-refractivity contribution in [1.29, 1.82) is 0 Å². The highest BCUT2D eigenvalue weighted by atomic mass is 32.2. The van der Waals surface area contributed by atoms with Crippen LogP contribution in [0.5, 0.6) is 0 Å².